The lowest BCUT2D eigenvalue weighted by Gasteiger charge is -2.31. The van der Waals surface area contributed by atoms with Crippen LogP contribution < -0.4 is 10.6 Å². The maximum absolute atomic E-state index is 12.0. The highest BCUT2D eigenvalue weighted by Crippen LogP contribution is 2.22. The molecule has 2 N–H and O–H groups in total. The fraction of sp³-hybridized carbons (Fsp3) is 0.286. The van der Waals surface area contributed by atoms with E-state index >= 15 is 0 Å². The van der Waals surface area contributed by atoms with Crippen molar-refractivity contribution in [2.45, 2.75) is 6.54 Å². The van der Waals surface area contributed by atoms with Crippen LogP contribution in [0.4, 0.5) is 5.69 Å². The highest BCUT2D eigenvalue weighted by atomic mass is 16.5. The maximum atomic E-state index is 12.0. The van der Waals surface area contributed by atoms with Gasteiger partial charge < -0.3 is 20.1 Å². The Morgan fingerprint density at radius 1 is 1.18 bits per heavy atom. The van der Waals surface area contributed by atoms with Crippen LogP contribution in [-0.4, -0.2) is 47.0 Å². The standard InChI is InChI=1S/C14H15N5O3/c1-18-6-7-19(14(21)13(18)20)10-4-2-9(3-5-10)12-16-11(8-15)22-17-12/h2-5H,6-8,15H2,1H3. The molecule has 8 nitrogen and oxygen atoms in total. The van der Waals surface area contributed by atoms with Crippen LogP contribution in [-0.2, 0) is 16.1 Å². The third kappa shape index (κ3) is 2.44. The number of hydrogen-bond donors (Lipinski definition) is 1. The van der Waals surface area contributed by atoms with Crippen LogP contribution in [0.5, 0.6) is 0 Å². The molecule has 2 amide bonds. The molecule has 2 heterocycles. The number of rotatable bonds is 3. The van der Waals surface area contributed by atoms with E-state index in [0.717, 1.165) is 5.56 Å². The zero-order chi connectivity index (χ0) is 15.7. The van der Waals surface area contributed by atoms with Gasteiger partial charge in [0.25, 0.3) is 0 Å². The van der Waals surface area contributed by atoms with Gasteiger partial charge in [-0.15, -0.1) is 0 Å². The number of carbonyl (C=O) groups is 2. The molecule has 1 saturated heterocycles. The number of hydrogen-bond acceptors (Lipinski definition) is 6. The molecule has 0 saturated carbocycles. The quantitative estimate of drug-likeness (QED) is 0.800. The number of aromatic nitrogens is 2. The summed E-state index contributed by atoms with van der Waals surface area (Å²) in [4.78, 5) is 30.8. The molecule has 0 aliphatic carbocycles. The summed E-state index contributed by atoms with van der Waals surface area (Å²) in [5, 5.41) is 3.83. The summed E-state index contributed by atoms with van der Waals surface area (Å²) in [6, 6.07) is 7.06. The van der Waals surface area contributed by atoms with E-state index in [-0.39, 0.29) is 6.54 Å². The van der Waals surface area contributed by atoms with E-state index in [9.17, 15) is 9.59 Å². The Balaban J connectivity index is 1.82. The zero-order valence-electron chi connectivity index (χ0n) is 12.0. The van der Waals surface area contributed by atoms with Gasteiger partial charge in [-0.25, -0.2) is 0 Å². The molecule has 1 fully saturated rings. The molecule has 1 aromatic carbocycles. The highest BCUT2D eigenvalue weighted by Gasteiger charge is 2.31. The molecule has 3 rings (SSSR count). The van der Waals surface area contributed by atoms with Gasteiger partial charge >= 0.3 is 11.8 Å². The average Bonchev–Trinajstić information content (AvgIpc) is 3.02. The molecule has 0 radical (unpaired) electrons. The third-order valence-electron chi connectivity index (χ3n) is 3.51. The molecule has 0 atom stereocenters. The van der Waals surface area contributed by atoms with Crippen molar-refractivity contribution in [1.29, 1.82) is 0 Å². The van der Waals surface area contributed by atoms with Crippen molar-refractivity contribution in [3.8, 4) is 11.4 Å². The summed E-state index contributed by atoms with van der Waals surface area (Å²) in [7, 11) is 1.62. The van der Waals surface area contributed by atoms with Crippen LogP contribution in [0.1, 0.15) is 5.89 Å². The normalized spacial score (nSPS) is 15.5. The van der Waals surface area contributed by atoms with E-state index in [1.165, 1.54) is 9.80 Å². The molecular weight excluding hydrogens is 286 g/mol. The maximum Gasteiger partial charge on any atom is 0.316 e. The van der Waals surface area contributed by atoms with Crippen LogP contribution in [0, 0.1) is 0 Å². The molecule has 114 valence electrons. The first-order valence-electron chi connectivity index (χ1n) is 6.80. The summed E-state index contributed by atoms with van der Waals surface area (Å²) >= 11 is 0. The van der Waals surface area contributed by atoms with Crippen LogP contribution in [0.2, 0.25) is 0 Å². The van der Waals surface area contributed by atoms with E-state index < -0.39 is 11.8 Å². The number of benzene rings is 1. The van der Waals surface area contributed by atoms with Crippen LogP contribution in [0.15, 0.2) is 28.8 Å². The number of likely N-dealkylation sites (N-methyl/N-ethyl adjacent to an activating group) is 1. The Kier molecular flexibility index (Phi) is 3.60. The molecule has 8 heteroatoms. The van der Waals surface area contributed by atoms with Gasteiger partial charge in [-0.05, 0) is 24.3 Å². The number of nitrogens with two attached hydrogens (primary N) is 1. The minimum Gasteiger partial charge on any atom is -0.338 e. The van der Waals surface area contributed by atoms with Crippen molar-refractivity contribution in [3.05, 3.63) is 30.2 Å². The fourth-order valence-electron chi connectivity index (χ4n) is 2.22. The van der Waals surface area contributed by atoms with Gasteiger partial charge in [0.1, 0.15) is 0 Å². The van der Waals surface area contributed by atoms with Gasteiger partial charge in [-0.1, -0.05) is 5.16 Å². The first-order valence-corrected chi connectivity index (χ1v) is 6.80. The van der Waals surface area contributed by atoms with Gasteiger partial charge in [0.05, 0.1) is 6.54 Å². The Labute approximate surface area is 126 Å². The number of nitrogens with zero attached hydrogens (tertiary/aromatic N) is 4. The summed E-state index contributed by atoms with van der Waals surface area (Å²) < 4.78 is 4.96. The molecule has 2 aromatic rings. The highest BCUT2D eigenvalue weighted by molar-refractivity contribution is 6.40. The molecular formula is C14H15N5O3. The lowest BCUT2D eigenvalue weighted by molar-refractivity contribution is -0.145. The van der Waals surface area contributed by atoms with Crippen molar-refractivity contribution < 1.29 is 14.1 Å². The lowest BCUT2D eigenvalue weighted by atomic mass is 10.1. The summed E-state index contributed by atoms with van der Waals surface area (Å²) in [6.07, 6.45) is 0. The van der Waals surface area contributed by atoms with E-state index in [0.29, 0.717) is 30.5 Å². The van der Waals surface area contributed by atoms with Crippen molar-refractivity contribution in [2.75, 3.05) is 25.0 Å². The van der Waals surface area contributed by atoms with Crippen molar-refractivity contribution in [1.82, 2.24) is 15.0 Å². The first kappa shape index (κ1) is 14.2. The Morgan fingerprint density at radius 3 is 2.55 bits per heavy atom. The van der Waals surface area contributed by atoms with E-state index in [2.05, 4.69) is 10.1 Å². The van der Waals surface area contributed by atoms with Crippen LogP contribution in [0.3, 0.4) is 0 Å². The number of piperazine rings is 1. The number of carbonyl (C=O) groups excluding carboxylic acids is 2. The first-order chi connectivity index (χ1) is 10.6. The SMILES string of the molecule is CN1CCN(c2ccc(-c3noc(CN)n3)cc2)C(=O)C1=O. The lowest BCUT2D eigenvalue weighted by Crippen LogP contribution is -2.52. The van der Waals surface area contributed by atoms with Crippen LogP contribution >= 0.6 is 0 Å². The number of anilines is 1. The topological polar surface area (TPSA) is 106 Å². The molecule has 1 aliphatic heterocycles. The van der Waals surface area contributed by atoms with Gasteiger partial charge in [-0.2, -0.15) is 4.98 Å². The van der Waals surface area contributed by atoms with E-state index in [4.69, 9.17) is 10.3 Å². The molecule has 0 bridgehead atoms. The van der Waals surface area contributed by atoms with Crippen molar-refractivity contribution in [2.24, 2.45) is 5.73 Å². The van der Waals surface area contributed by atoms with Gasteiger partial charge in [-0.3, -0.25) is 9.59 Å². The fourth-order valence-corrected chi connectivity index (χ4v) is 2.22. The molecule has 0 unspecified atom stereocenters. The predicted molar refractivity (Wildman–Crippen MR) is 77.6 cm³/mol. The third-order valence-corrected chi connectivity index (χ3v) is 3.51. The molecule has 0 spiro atoms. The van der Waals surface area contributed by atoms with Crippen LogP contribution in [0.25, 0.3) is 11.4 Å². The smallest absolute Gasteiger partial charge is 0.316 e. The summed E-state index contributed by atoms with van der Waals surface area (Å²) in [5.74, 6) is -0.223. The Bertz CT molecular complexity index is 710. The zero-order valence-corrected chi connectivity index (χ0v) is 12.0. The predicted octanol–water partition coefficient (Wildman–Crippen LogP) is 0.000300. The minimum absolute atomic E-state index is 0.184. The molecule has 1 aliphatic rings. The summed E-state index contributed by atoms with van der Waals surface area (Å²) in [6.45, 7) is 1.17. The number of amides is 2. The minimum atomic E-state index is -0.522. The second-order valence-electron chi connectivity index (χ2n) is 4.95. The van der Waals surface area contributed by atoms with Crippen molar-refractivity contribution in [3.63, 3.8) is 0 Å². The van der Waals surface area contributed by atoms with Gasteiger partial charge in [0, 0.05) is 31.4 Å². The van der Waals surface area contributed by atoms with Gasteiger partial charge in [0.15, 0.2) is 0 Å². The van der Waals surface area contributed by atoms with E-state index in [1.807, 2.05) is 0 Å². The van der Waals surface area contributed by atoms with Gasteiger partial charge in [0.2, 0.25) is 11.7 Å². The Morgan fingerprint density at radius 2 is 1.91 bits per heavy atom. The molecule has 1 aromatic heterocycles. The Hall–Kier alpha value is -2.74. The van der Waals surface area contributed by atoms with Crippen molar-refractivity contribution >= 4 is 17.5 Å². The largest absolute Gasteiger partial charge is 0.338 e. The average molecular weight is 301 g/mol. The van der Waals surface area contributed by atoms with E-state index in [1.54, 1.807) is 31.3 Å². The second-order valence-corrected chi connectivity index (χ2v) is 4.95. The second kappa shape index (κ2) is 5.57. The molecule has 22 heavy (non-hydrogen) atoms. The monoisotopic (exact) mass is 301 g/mol. The summed E-state index contributed by atoms with van der Waals surface area (Å²) in [5.41, 5.74) is 6.84.